The number of aromatic hydroxyl groups is 1. The SMILES string of the molecule is CC(O)C1NC(=O)C(NC(=O)c2ccc(-c3nnc(-c4ccc(OC5CCCCC5)cc4)s3)cc2)CC(O)CNC(=O)C2C(O)C(C)CN2C(=O)C(C(O)CC(N)=O)NC(=O)C(C(O)Cc2ccc(O)c(OSOO[O-])c2)NC(=O)C2CC(O)CN2C1=O.[Na+]. The van der Waals surface area contributed by atoms with Crippen LogP contribution >= 0.6 is 23.7 Å². The quantitative estimate of drug-likeness (QED) is 0.0154. The summed E-state index contributed by atoms with van der Waals surface area (Å²) in [6.45, 7) is 0.854. The molecule has 0 bridgehead atoms. The molecule has 3 aromatic carbocycles. The van der Waals surface area contributed by atoms with Crippen LogP contribution in [0.3, 0.4) is 0 Å². The van der Waals surface area contributed by atoms with Crippen molar-refractivity contribution in [3.8, 4) is 38.4 Å². The number of nitrogens with one attached hydrogen (secondary N) is 5. The molecule has 14 N–H and O–H groups in total. The third kappa shape index (κ3) is 17.9. The van der Waals surface area contributed by atoms with E-state index in [0.29, 0.717) is 15.6 Å². The topological polar surface area (TPSA) is 457 Å². The van der Waals surface area contributed by atoms with E-state index in [1.54, 1.807) is 12.1 Å². The molecule has 1 aromatic heterocycles. The van der Waals surface area contributed by atoms with Gasteiger partial charge in [0, 0.05) is 61.5 Å². The number of phenolic OH excluding ortho intramolecular Hbond substituents is 1. The zero-order valence-corrected chi connectivity index (χ0v) is 52.2. The van der Waals surface area contributed by atoms with Crippen molar-refractivity contribution in [2.75, 3.05) is 19.6 Å². The number of hydrogen-bond acceptors (Lipinski definition) is 24. The van der Waals surface area contributed by atoms with Crippen molar-refractivity contribution in [2.24, 2.45) is 11.7 Å². The maximum Gasteiger partial charge on any atom is 1.00 e. The molecule has 13 unspecified atom stereocenters. The van der Waals surface area contributed by atoms with Crippen molar-refractivity contribution < 1.29 is 127 Å². The maximum atomic E-state index is 14.7. The van der Waals surface area contributed by atoms with Gasteiger partial charge in [-0.2, -0.15) is 0 Å². The van der Waals surface area contributed by atoms with Crippen LogP contribution in [-0.2, 0) is 49.4 Å². The fraction of sp³-hybridized carbons (Fsp3) is 0.500. The molecular weight excluding hydrogens is 1220 g/mol. The standard InChI is InChI=1S/C56H70N10O20S2.Na/c1-26-24-66-46(47(26)74)52(79)58-23-32(68)20-36(59-48(75)29-9-11-30(12-10-29)53-63-64-54(87-53)31-13-15-35(16-14-31)83-34-6-4-3-5-7-34)49(76)60-43(27(2)67)55(80)65-25-33(69)21-37(65)50(77)61-44(51(78)62-45(56(66)81)40(72)22-42(57)73)39(71)18-28-8-17-38(70)41(19-28)84-88-86-85-82;/h8-17,19,26-27,32-34,36-37,39-40,43-47,67-72,74,82H,3-7,18,20-25H2,1-2H3,(H2,57,73)(H,58,79)(H,59,75)(H,60,76)(H,61,77)(H,62,78);/q;+1/p-1. The first-order valence-electron chi connectivity index (χ1n) is 28.3. The molecule has 476 valence electrons. The number of hydrogen-bond donors (Lipinski definition) is 13. The molecule has 8 amide bonds. The number of carbonyl (C=O) groups excluding carboxylic acids is 8. The van der Waals surface area contributed by atoms with Crippen LogP contribution in [-0.4, -0.2) is 202 Å². The fourth-order valence-corrected chi connectivity index (χ4v) is 12.0. The molecule has 89 heavy (non-hydrogen) atoms. The molecule has 30 nitrogen and oxygen atoms in total. The Kier molecular flexibility index (Phi) is 25.0. The van der Waals surface area contributed by atoms with Crippen molar-refractivity contribution in [3.05, 3.63) is 77.9 Å². The van der Waals surface area contributed by atoms with E-state index in [1.807, 2.05) is 24.3 Å². The normalized spacial score (nSPS) is 26.2. The number of rotatable bonds is 17. The second-order valence-electron chi connectivity index (χ2n) is 22.2. The average Bonchev–Trinajstić information content (AvgIpc) is 2.60. The molecule has 1 aliphatic carbocycles. The van der Waals surface area contributed by atoms with Gasteiger partial charge in [0.15, 0.2) is 11.5 Å². The van der Waals surface area contributed by atoms with Gasteiger partial charge in [-0.15, -0.1) is 14.5 Å². The van der Waals surface area contributed by atoms with Gasteiger partial charge in [0.2, 0.25) is 41.4 Å². The number of fused-ring (bicyclic) bond motifs is 2. The Labute approximate surface area is 539 Å². The van der Waals surface area contributed by atoms with Crippen molar-refractivity contribution in [2.45, 2.75) is 151 Å². The van der Waals surface area contributed by atoms with Gasteiger partial charge in [-0.25, -0.2) is 0 Å². The van der Waals surface area contributed by atoms with E-state index in [9.17, 15) is 79.4 Å². The summed E-state index contributed by atoms with van der Waals surface area (Å²) < 4.78 is 15.3. The summed E-state index contributed by atoms with van der Waals surface area (Å²) >= 11 is 1.29. The van der Waals surface area contributed by atoms with Gasteiger partial charge in [-0.05, 0) is 86.7 Å². The Morgan fingerprint density at radius 3 is 2.06 bits per heavy atom. The molecular formula is C56H69N10NaO20S2. The summed E-state index contributed by atoms with van der Waals surface area (Å²) in [4.78, 5) is 115. The number of ether oxygens (including phenoxy) is 1. The molecule has 3 aliphatic heterocycles. The number of phenols is 1. The van der Waals surface area contributed by atoms with Crippen LogP contribution in [0.1, 0.15) is 81.1 Å². The van der Waals surface area contributed by atoms with Crippen molar-refractivity contribution in [1.29, 1.82) is 0 Å². The van der Waals surface area contributed by atoms with Gasteiger partial charge in [-0.3, -0.25) is 43.4 Å². The zero-order chi connectivity index (χ0) is 63.5. The molecule has 4 fully saturated rings. The Hall–Kier alpha value is -6.63. The van der Waals surface area contributed by atoms with E-state index in [1.165, 1.54) is 42.9 Å². The van der Waals surface area contributed by atoms with E-state index in [4.69, 9.17) is 14.7 Å². The summed E-state index contributed by atoms with van der Waals surface area (Å²) in [6, 6.07) is 5.39. The van der Waals surface area contributed by atoms with Crippen LogP contribution in [0, 0.1) is 5.92 Å². The van der Waals surface area contributed by atoms with E-state index in [2.05, 4.69) is 46.2 Å². The Bertz CT molecular complexity index is 3150. The Morgan fingerprint density at radius 1 is 0.787 bits per heavy atom. The average molecular weight is 1290 g/mol. The van der Waals surface area contributed by atoms with Crippen molar-refractivity contribution >= 4 is 70.9 Å². The van der Waals surface area contributed by atoms with Gasteiger partial charge in [0.1, 0.15) is 52.0 Å². The number of benzene rings is 3. The summed E-state index contributed by atoms with van der Waals surface area (Å²) in [5.41, 5.74) is 6.87. The molecule has 4 aliphatic rings. The van der Waals surface area contributed by atoms with E-state index in [-0.39, 0.29) is 64.9 Å². The molecule has 1 saturated carbocycles. The van der Waals surface area contributed by atoms with Crippen molar-refractivity contribution in [1.82, 2.24) is 46.6 Å². The van der Waals surface area contributed by atoms with Gasteiger partial charge < -0.3 is 92.0 Å². The first-order valence-corrected chi connectivity index (χ1v) is 29.8. The Balaban J connectivity index is 0.0000113. The molecule has 8 rings (SSSR count). The van der Waals surface area contributed by atoms with E-state index >= 15 is 0 Å². The predicted molar refractivity (Wildman–Crippen MR) is 305 cm³/mol. The monoisotopic (exact) mass is 1290 g/mol. The van der Waals surface area contributed by atoms with Crippen molar-refractivity contribution in [3.63, 3.8) is 0 Å². The number of aromatic nitrogens is 2. The summed E-state index contributed by atoms with van der Waals surface area (Å²) in [5.74, 6) is -10.4. The van der Waals surface area contributed by atoms with Crippen LogP contribution in [0.2, 0.25) is 0 Å². The number of β-amino-alcohol motifs (C(OH)–C–C–N with tert-alkyl or cyclic N) is 1. The number of aliphatic hydroxyl groups excluding tert-OH is 6. The molecule has 13 atom stereocenters. The third-order valence-corrected chi connectivity index (χ3v) is 17.0. The van der Waals surface area contributed by atoms with Gasteiger partial charge in [-0.1, -0.05) is 42.9 Å². The van der Waals surface area contributed by atoms with Crippen LogP contribution in [0.4, 0.5) is 0 Å². The number of amides is 8. The van der Waals surface area contributed by atoms with Gasteiger partial charge in [0.25, 0.3) is 18.2 Å². The summed E-state index contributed by atoms with van der Waals surface area (Å²) in [5, 5.41) is 114. The van der Waals surface area contributed by atoms with Crippen LogP contribution in [0.15, 0.2) is 66.7 Å². The van der Waals surface area contributed by atoms with Crippen LogP contribution < -0.4 is 76.1 Å². The largest absolute Gasteiger partial charge is 1.00 e. The zero-order valence-electron chi connectivity index (χ0n) is 48.5. The molecule has 4 aromatic rings. The minimum Gasteiger partial charge on any atom is -0.691 e. The van der Waals surface area contributed by atoms with Gasteiger partial charge >= 0.3 is 29.6 Å². The first kappa shape index (κ1) is 69.8. The minimum absolute atomic E-state index is 0. The molecule has 3 saturated heterocycles. The first-order chi connectivity index (χ1) is 42.0. The van der Waals surface area contributed by atoms with Crippen LogP contribution in [0.25, 0.3) is 21.1 Å². The minimum atomic E-state index is -2.22. The number of carbonyl (C=O) groups is 8. The third-order valence-electron chi connectivity index (χ3n) is 15.6. The second-order valence-corrected chi connectivity index (χ2v) is 23.6. The Morgan fingerprint density at radius 2 is 1.42 bits per heavy atom. The molecule has 4 heterocycles. The fourth-order valence-electron chi connectivity index (χ4n) is 10.9. The number of nitrogens with zero attached hydrogens (tertiary/aromatic N) is 4. The van der Waals surface area contributed by atoms with E-state index in [0.717, 1.165) is 65.9 Å². The van der Waals surface area contributed by atoms with Crippen LogP contribution in [0.5, 0.6) is 17.2 Å². The number of primary amides is 1. The number of nitrogens with two attached hydrogens (primary N) is 1. The smallest absolute Gasteiger partial charge is 0.691 e. The summed E-state index contributed by atoms with van der Waals surface area (Å²) in [7, 11) is 0. The molecule has 33 heteroatoms. The molecule has 0 radical (unpaired) electrons. The number of aliphatic hydroxyl groups is 6. The molecule has 0 spiro atoms. The maximum absolute atomic E-state index is 14.7. The predicted octanol–water partition coefficient (Wildman–Crippen LogP) is -5.72. The van der Waals surface area contributed by atoms with E-state index < -0.39 is 177 Å². The van der Waals surface area contributed by atoms with Gasteiger partial charge in [0.05, 0.1) is 49.1 Å². The summed E-state index contributed by atoms with van der Waals surface area (Å²) in [6.07, 6.45) is -7.97. The second kappa shape index (κ2) is 31.9.